The molecule has 3 rings (SSSR count). The van der Waals surface area contributed by atoms with Gasteiger partial charge in [0.25, 0.3) is 0 Å². The van der Waals surface area contributed by atoms with Gasteiger partial charge in [0.2, 0.25) is 0 Å². The van der Waals surface area contributed by atoms with Crippen molar-refractivity contribution in [3.63, 3.8) is 0 Å². The summed E-state index contributed by atoms with van der Waals surface area (Å²) in [6, 6.07) is 0. The van der Waals surface area contributed by atoms with E-state index in [2.05, 4.69) is 22.4 Å². The maximum atomic E-state index is 4.45. The molecule has 3 heterocycles. The lowest BCUT2D eigenvalue weighted by Crippen LogP contribution is -2.58. The molecule has 3 aliphatic heterocycles. The minimum absolute atomic E-state index is 0.521. The van der Waals surface area contributed by atoms with Crippen LogP contribution < -0.4 is 0 Å². The molecular weight excluding hydrogens is 132 g/mol. The molecule has 0 aromatic carbocycles. The highest BCUT2D eigenvalue weighted by Gasteiger charge is 2.28. The molecule has 3 fully saturated rings. The van der Waals surface area contributed by atoms with Crippen molar-refractivity contribution in [3.8, 4) is 0 Å². The van der Waals surface area contributed by atoms with Crippen LogP contribution in [0.2, 0.25) is 0 Å². The molecule has 3 saturated heterocycles. The second kappa shape index (κ2) is 2.15. The van der Waals surface area contributed by atoms with Crippen molar-refractivity contribution < 1.29 is 0 Å². The Bertz CT molecular complexity index is 110. The maximum absolute atomic E-state index is 4.45. The fourth-order valence-corrected chi connectivity index (χ4v) is 2.05. The second-order valence-electron chi connectivity index (χ2n) is 2.82. The number of nitrogens with zero attached hydrogens (tertiary/aromatic N) is 2. The van der Waals surface area contributed by atoms with E-state index < -0.39 is 0 Å². The van der Waals surface area contributed by atoms with Crippen molar-refractivity contribution >= 4 is 12.6 Å². The van der Waals surface area contributed by atoms with Crippen LogP contribution in [0.4, 0.5) is 0 Å². The molecule has 0 aromatic heterocycles. The fraction of sp³-hybridized carbons (Fsp3) is 1.00. The first-order valence-corrected chi connectivity index (χ1v) is 4.02. The Morgan fingerprint density at radius 2 is 1.78 bits per heavy atom. The van der Waals surface area contributed by atoms with Crippen LogP contribution in [0, 0.1) is 0 Å². The lowest BCUT2D eigenvalue weighted by atomic mass is 10.2. The van der Waals surface area contributed by atoms with Crippen molar-refractivity contribution in [1.82, 2.24) is 9.80 Å². The van der Waals surface area contributed by atoms with Gasteiger partial charge < -0.3 is 0 Å². The van der Waals surface area contributed by atoms with E-state index in [4.69, 9.17) is 0 Å². The molecule has 2 bridgehead atoms. The van der Waals surface area contributed by atoms with Gasteiger partial charge in [-0.1, -0.05) is 0 Å². The highest BCUT2D eigenvalue weighted by molar-refractivity contribution is 7.80. The standard InChI is InChI=1S/C6H12N2S/c9-6-5-7-1-3-8(6)4-2-7/h6,9H,1-5H2. The Morgan fingerprint density at radius 3 is 2.00 bits per heavy atom. The molecule has 2 nitrogen and oxygen atoms in total. The molecule has 0 aromatic rings. The van der Waals surface area contributed by atoms with E-state index in [0.29, 0.717) is 5.37 Å². The average molecular weight is 144 g/mol. The molecule has 3 aliphatic rings. The zero-order chi connectivity index (χ0) is 6.27. The van der Waals surface area contributed by atoms with Gasteiger partial charge in [-0.25, -0.2) is 0 Å². The molecule has 1 atom stereocenters. The largest absolute Gasteiger partial charge is 0.298 e. The quantitative estimate of drug-likeness (QED) is 0.473. The number of rotatable bonds is 0. The summed E-state index contributed by atoms with van der Waals surface area (Å²) in [6.07, 6.45) is 0. The third kappa shape index (κ3) is 0.974. The molecule has 3 heteroatoms. The third-order valence-corrected chi connectivity index (χ3v) is 2.74. The van der Waals surface area contributed by atoms with Gasteiger partial charge in [-0.3, -0.25) is 9.80 Å². The Kier molecular flexibility index (Phi) is 1.43. The topological polar surface area (TPSA) is 6.48 Å². The molecule has 0 saturated carbocycles. The Labute approximate surface area is 61.2 Å². The predicted molar refractivity (Wildman–Crippen MR) is 40.8 cm³/mol. The van der Waals surface area contributed by atoms with Crippen LogP contribution in [-0.4, -0.2) is 47.9 Å². The molecule has 0 amide bonds. The van der Waals surface area contributed by atoms with Crippen molar-refractivity contribution in [2.75, 3.05) is 32.7 Å². The van der Waals surface area contributed by atoms with Crippen LogP contribution in [-0.2, 0) is 0 Å². The van der Waals surface area contributed by atoms with E-state index in [1.54, 1.807) is 0 Å². The number of fused-ring (bicyclic) bond motifs is 3. The Morgan fingerprint density at radius 1 is 1.11 bits per heavy atom. The Balaban J connectivity index is 2.06. The molecule has 9 heavy (non-hydrogen) atoms. The SMILES string of the molecule is SC1CN2CCN1CC2. The lowest BCUT2D eigenvalue weighted by Gasteiger charge is -2.45. The summed E-state index contributed by atoms with van der Waals surface area (Å²) in [5, 5.41) is 0.521. The third-order valence-electron chi connectivity index (χ3n) is 2.25. The predicted octanol–water partition coefficient (Wildman–Crippen LogP) is -0.127. The van der Waals surface area contributed by atoms with E-state index in [9.17, 15) is 0 Å². The smallest absolute Gasteiger partial charge is 0.0657 e. The summed E-state index contributed by atoms with van der Waals surface area (Å²) in [6.45, 7) is 6.15. The minimum atomic E-state index is 0.521. The van der Waals surface area contributed by atoms with Crippen LogP contribution in [0.1, 0.15) is 0 Å². The van der Waals surface area contributed by atoms with Crippen molar-refractivity contribution in [1.29, 1.82) is 0 Å². The first-order chi connectivity index (χ1) is 4.36. The van der Waals surface area contributed by atoms with Gasteiger partial charge >= 0.3 is 0 Å². The van der Waals surface area contributed by atoms with Gasteiger partial charge in [-0.15, -0.1) is 0 Å². The molecule has 0 radical (unpaired) electrons. The summed E-state index contributed by atoms with van der Waals surface area (Å²) in [5.74, 6) is 0. The minimum Gasteiger partial charge on any atom is -0.298 e. The highest BCUT2D eigenvalue weighted by Crippen LogP contribution is 2.16. The first-order valence-electron chi connectivity index (χ1n) is 3.51. The molecular formula is C6H12N2S. The zero-order valence-corrected chi connectivity index (χ0v) is 6.35. The van der Waals surface area contributed by atoms with Crippen molar-refractivity contribution in [3.05, 3.63) is 0 Å². The van der Waals surface area contributed by atoms with E-state index in [1.807, 2.05) is 0 Å². The number of hydrogen-bond acceptors (Lipinski definition) is 3. The lowest BCUT2D eigenvalue weighted by molar-refractivity contribution is 0.0506. The van der Waals surface area contributed by atoms with Crippen LogP contribution in [0.5, 0.6) is 0 Å². The normalized spacial score (nSPS) is 49.7. The van der Waals surface area contributed by atoms with E-state index >= 15 is 0 Å². The van der Waals surface area contributed by atoms with Crippen LogP contribution in [0.3, 0.4) is 0 Å². The number of hydrogen-bond donors (Lipinski definition) is 1. The van der Waals surface area contributed by atoms with Gasteiger partial charge in [0, 0.05) is 32.7 Å². The highest BCUT2D eigenvalue weighted by atomic mass is 32.1. The fourth-order valence-electron chi connectivity index (χ4n) is 1.59. The maximum Gasteiger partial charge on any atom is 0.0657 e. The number of piperazine rings is 3. The van der Waals surface area contributed by atoms with Crippen molar-refractivity contribution in [2.24, 2.45) is 0 Å². The summed E-state index contributed by atoms with van der Waals surface area (Å²) < 4.78 is 0. The van der Waals surface area contributed by atoms with E-state index in [0.717, 1.165) is 0 Å². The van der Waals surface area contributed by atoms with Crippen LogP contribution in [0.25, 0.3) is 0 Å². The Hall–Kier alpha value is 0.270. The average Bonchev–Trinajstić information content (AvgIpc) is 1.90. The van der Waals surface area contributed by atoms with Gasteiger partial charge in [-0.05, 0) is 0 Å². The molecule has 0 aliphatic carbocycles. The van der Waals surface area contributed by atoms with E-state index in [-0.39, 0.29) is 0 Å². The van der Waals surface area contributed by atoms with Crippen LogP contribution in [0.15, 0.2) is 0 Å². The van der Waals surface area contributed by atoms with Crippen LogP contribution >= 0.6 is 12.6 Å². The van der Waals surface area contributed by atoms with Gasteiger partial charge in [0.1, 0.15) is 0 Å². The second-order valence-corrected chi connectivity index (χ2v) is 3.41. The van der Waals surface area contributed by atoms with E-state index in [1.165, 1.54) is 32.7 Å². The summed E-state index contributed by atoms with van der Waals surface area (Å²) >= 11 is 4.45. The van der Waals surface area contributed by atoms with Gasteiger partial charge in [0.15, 0.2) is 0 Å². The van der Waals surface area contributed by atoms with Gasteiger partial charge in [0.05, 0.1) is 5.37 Å². The molecule has 1 unspecified atom stereocenters. The summed E-state index contributed by atoms with van der Waals surface area (Å²) in [4.78, 5) is 4.93. The summed E-state index contributed by atoms with van der Waals surface area (Å²) in [5.41, 5.74) is 0. The molecule has 0 spiro atoms. The first kappa shape index (κ1) is 6.01. The van der Waals surface area contributed by atoms with Crippen molar-refractivity contribution in [2.45, 2.75) is 5.37 Å². The molecule has 52 valence electrons. The summed E-state index contributed by atoms with van der Waals surface area (Å²) in [7, 11) is 0. The van der Waals surface area contributed by atoms with Gasteiger partial charge in [-0.2, -0.15) is 12.6 Å². The monoisotopic (exact) mass is 144 g/mol. The molecule has 0 N–H and O–H groups in total. The zero-order valence-electron chi connectivity index (χ0n) is 5.45. The number of thiol groups is 1.